The van der Waals surface area contributed by atoms with E-state index in [4.69, 9.17) is 9.47 Å². The number of aromatic nitrogens is 3. The van der Waals surface area contributed by atoms with Crippen LogP contribution in [-0.2, 0) is 11.3 Å². The summed E-state index contributed by atoms with van der Waals surface area (Å²) in [7, 11) is 0. The van der Waals surface area contributed by atoms with Crippen molar-refractivity contribution >= 4 is 23.4 Å². The Kier molecular flexibility index (Phi) is 5.25. The van der Waals surface area contributed by atoms with Gasteiger partial charge in [-0.3, -0.25) is 4.79 Å². The highest BCUT2D eigenvalue weighted by molar-refractivity contribution is 7.99. The van der Waals surface area contributed by atoms with E-state index in [9.17, 15) is 4.79 Å². The van der Waals surface area contributed by atoms with Gasteiger partial charge in [0.25, 0.3) is 5.79 Å². The fourth-order valence-corrected chi connectivity index (χ4v) is 5.33. The molecule has 2 aliphatic carbocycles. The van der Waals surface area contributed by atoms with Crippen molar-refractivity contribution in [1.29, 1.82) is 0 Å². The maximum Gasteiger partial charge on any atom is 0.251 e. The second kappa shape index (κ2) is 8.41. The summed E-state index contributed by atoms with van der Waals surface area (Å²) in [6, 6.07) is 15.9. The SMILES string of the molecule is O=C(CSc1nnc(C2CC2)n1Cc1ccccc1)Nc1ccc2c(c1)OC1(CCCC1)O2. The van der Waals surface area contributed by atoms with Crippen molar-refractivity contribution in [3.05, 3.63) is 59.9 Å². The number of anilines is 1. The van der Waals surface area contributed by atoms with Crippen molar-refractivity contribution in [2.45, 2.75) is 61.9 Å². The predicted molar refractivity (Wildman–Crippen MR) is 126 cm³/mol. The van der Waals surface area contributed by atoms with Crippen molar-refractivity contribution in [2.75, 3.05) is 11.1 Å². The lowest BCUT2D eigenvalue weighted by atomic mass is 10.2. The van der Waals surface area contributed by atoms with Crippen LogP contribution in [0.15, 0.2) is 53.7 Å². The van der Waals surface area contributed by atoms with Crippen molar-refractivity contribution in [1.82, 2.24) is 14.8 Å². The molecule has 7 nitrogen and oxygen atoms in total. The highest BCUT2D eigenvalue weighted by Crippen LogP contribution is 2.47. The third kappa shape index (κ3) is 4.31. The third-order valence-electron chi connectivity index (χ3n) is 6.39. The van der Waals surface area contributed by atoms with Gasteiger partial charge in [-0.2, -0.15) is 0 Å². The standard InChI is InChI=1S/C25H26N4O3S/c30-22(26-19-10-11-20-21(14-19)32-25(31-20)12-4-5-13-25)16-33-24-28-27-23(18-8-9-18)29(24)15-17-6-2-1-3-7-17/h1-3,6-7,10-11,14,18H,4-5,8-9,12-13,15-16H2,(H,26,30). The number of hydrogen-bond acceptors (Lipinski definition) is 6. The Balaban J connectivity index is 1.11. The predicted octanol–water partition coefficient (Wildman–Crippen LogP) is 4.98. The Morgan fingerprint density at radius 2 is 1.85 bits per heavy atom. The van der Waals surface area contributed by atoms with Gasteiger partial charge in [0.05, 0.1) is 12.3 Å². The molecule has 2 fully saturated rings. The molecule has 0 bridgehead atoms. The Labute approximate surface area is 196 Å². The zero-order valence-electron chi connectivity index (χ0n) is 18.3. The minimum absolute atomic E-state index is 0.0864. The van der Waals surface area contributed by atoms with Gasteiger partial charge in [-0.1, -0.05) is 42.1 Å². The Morgan fingerprint density at radius 3 is 2.64 bits per heavy atom. The van der Waals surface area contributed by atoms with Crippen molar-refractivity contribution in [3.63, 3.8) is 0 Å². The first-order chi connectivity index (χ1) is 16.2. The van der Waals surface area contributed by atoms with E-state index in [1.807, 2.05) is 36.4 Å². The number of carbonyl (C=O) groups excluding carboxylic acids is 1. The Hall–Kier alpha value is -3.00. The lowest BCUT2D eigenvalue weighted by Gasteiger charge is -2.21. The molecule has 6 rings (SSSR count). The van der Waals surface area contributed by atoms with Gasteiger partial charge in [-0.15, -0.1) is 10.2 Å². The van der Waals surface area contributed by atoms with Crippen LogP contribution in [0.1, 0.15) is 55.8 Å². The molecule has 33 heavy (non-hydrogen) atoms. The summed E-state index contributed by atoms with van der Waals surface area (Å²) < 4.78 is 14.3. The number of fused-ring (bicyclic) bond motifs is 1. The average Bonchev–Trinajstić information content (AvgIpc) is 3.27. The van der Waals surface area contributed by atoms with E-state index in [-0.39, 0.29) is 11.7 Å². The van der Waals surface area contributed by atoms with Crippen LogP contribution in [0.2, 0.25) is 0 Å². The molecule has 1 N–H and O–H groups in total. The lowest BCUT2D eigenvalue weighted by molar-refractivity contribution is -0.113. The molecule has 1 aliphatic heterocycles. The summed E-state index contributed by atoms with van der Waals surface area (Å²) in [6.07, 6.45) is 6.37. The van der Waals surface area contributed by atoms with Gasteiger partial charge in [0.1, 0.15) is 5.82 Å². The first kappa shape index (κ1) is 20.6. The molecule has 0 radical (unpaired) electrons. The molecule has 8 heteroatoms. The maximum absolute atomic E-state index is 12.7. The van der Waals surface area contributed by atoms with Crippen LogP contribution in [0.25, 0.3) is 0 Å². The molecule has 3 aliphatic rings. The van der Waals surface area contributed by atoms with Gasteiger partial charge in [0.2, 0.25) is 5.91 Å². The largest absolute Gasteiger partial charge is 0.448 e. The van der Waals surface area contributed by atoms with Crippen LogP contribution in [0, 0.1) is 0 Å². The van der Waals surface area contributed by atoms with E-state index in [1.54, 1.807) is 0 Å². The van der Waals surface area contributed by atoms with E-state index in [2.05, 4.69) is 32.2 Å². The zero-order chi connectivity index (χ0) is 22.3. The highest BCUT2D eigenvalue weighted by Gasteiger charge is 2.44. The third-order valence-corrected chi connectivity index (χ3v) is 7.36. The monoisotopic (exact) mass is 462 g/mol. The molecule has 2 heterocycles. The number of rotatable bonds is 7. The molecule has 0 saturated heterocycles. The minimum Gasteiger partial charge on any atom is -0.448 e. The summed E-state index contributed by atoms with van der Waals surface area (Å²) in [6.45, 7) is 0.716. The number of ether oxygens (including phenoxy) is 2. The molecular weight excluding hydrogens is 436 g/mol. The van der Waals surface area contributed by atoms with E-state index < -0.39 is 5.79 Å². The molecule has 2 aromatic carbocycles. The molecule has 1 amide bonds. The van der Waals surface area contributed by atoms with Gasteiger partial charge in [0, 0.05) is 30.5 Å². The smallest absolute Gasteiger partial charge is 0.251 e. The van der Waals surface area contributed by atoms with Gasteiger partial charge >= 0.3 is 0 Å². The summed E-state index contributed by atoms with van der Waals surface area (Å²) >= 11 is 1.42. The topological polar surface area (TPSA) is 78.3 Å². The molecule has 3 aromatic rings. The highest BCUT2D eigenvalue weighted by atomic mass is 32.2. The molecule has 1 aromatic heterocycles. The van der Waals surface area contributed by atoms with Crippen LogP contribution >= 0.6 is 11.8 Å². The minimum atomic E-state index is -0.497. The number of benzene rings is 2. The molecule has 0 unspecified atom stereocenters. The van der Waals surface area contributed by atoms with Crippen LogP contribution in [0.3, 0.4) is 0 Å². The first-order valence-electron chi connectivity index (χ1n) is 11.6. The fourth-order valence-electron chi connectivity index (χ4n) is 4.58. The van der Waals surface area contributed by atoms with Crippen LogP contribution in [0.4, 0.5) is 5.69 Å². The van der Waals surface area contributed by atoms with E-state index >= 15 is 0 Å². The zero-order valence-corrected chi connectivity index (χ0v) is 19.1. The van der Waals surface area contributed by atoms with Crippen molar-refractivity contribution < 1.29 is 14.3 Å². The Morgan fingerprint density at radius 1 is 1.06 bits per heavy atom. The molecule has 2 saturated carbocycles. The van der Waals surface area contributed by atoms with Gasteiger partial charge in [-0.25, -0.2) is 0 Å². The summed E-state index contributed by atoms with van der Waals surface area (Å²) in [4.78, 5) is 12.7. The van der Waals surface area contributed by atoms with E-state index in [1.165, 1.54) is 17.3 Å². The molecule has 170 valence electrons. The average molecular weight is 463 g/mol. The van der Waals surface area contributed by atoms with Crippen LogP contribution in [0.5, 0.6) is 11.5 Å². The van der Waals surface area contributed by atoms with Crippen molar-refractivity contribution in [3.8, 4) is 11.5 Å². The quantitative estimate of drug-likeness (QED) is 0.499. The molecule has 1 spiro atoms. The second-order valence-electron chi connectivity index (χ2n) is 9.01. The Bertz CT molecular complexity index is 1170. The number of amides is 1. The molecule has 0 atom stereocenters. The fraction of sp³-hybridized carbons (Fsp3) is 0.400. The summed E-state index contributed by atoms with van der Waals surface area (Å²) in [5.74, 6) is 2.65. The number of nitrogens with one attached hydrogen (secondary N) is 1. The van der Waals surface area contributed by atoms with E-state index in [0.29, 0.717) is 23.9 Å². The molecular formula is C25H26N4O3S. The number of hydrogen-bond donors (Lipinski definition) is 1. The maximum atomic E-state index is 12.7. The van der Waals surface area contributed by atoms with Crippen LogP contribution < -0.4 is 14.8 Å². The number of nitrogens with zero attached hydrogens (tertiary/aromatic N) is 3. The van der Waals surface area contributed by atoms with Gasteiger partial charge in [0.15, 0.2) is 16.7 Å². The first-order valence-corrected chi connectivity index (χ1v) is 12.6. The number of carbonyl (C=O) groups is 1. The van der Waals surface area contributed by atoms with Gasteiger partial charge in [-0.05, 0) is 43.4 Å². The second-order valence-corrected chi connectivity index (χ2v) is 9.95. The summed E-state index contributed by atoms with van der Waals surface area (Å²) in [5, 5.41) is 12.6. The van der Waals surface area contributed by atoms with Crippen molar-refractivity contribution in [2.24, 2.45) is 0 Å². The van der Waals surface area contributed by atoms with E-state index in [0.717, 1.165) is 55.3 Å². The number of thioether (sulfide) groups is 1. The lowest BCUT2D eigenvalue weighted by Crippen LogP contribution is -2.34. The van der Waals surface area contributed by atoms with Crippen LogP contribution in [-0.4, -0.2) is 32.2 Å². The summed E-state index contributed by atoms with van der Waals surface area (Å²) in [5.41, 5.74) is 1.91. The van der Waals surface area contributed by atoms with Gasteiger partial charge < -0.3 is 19.4 Å². The normalized spacial score (nSPS) is 18.1.